The van der Waals surface area contributed by atoms with Gasteiger partial charge in [-0.15, -0.1) is 0 Å². The second-order valence-corrected chi connectivity index (χ2v) is 4.07. The van der Waals surface area contributed by atoms with Crippen molar-refractivity contribution in [3.8, 4) is 0 Å². The van der Waals surface area contributed by atoms with Gasteiger partial charge in [0.2, 0.25) is 5.60 Å². The van der Waals surface area contributed by atoms with Crippen molar-refractivity contribution in [2.75, 3.05) is 5.32 Å². The van der Waals surface area contributed by atoms with Crippen molar-refractivity contribution in [3.05, 3.63) is 59.7 Å². The number of rotatable bonds is 1. The minimum absolute atomic E-state index is 0.103. The zero-order valence-corrected chi connectivity index (χ0v) is 9.22. The van der Waals surface area contributed by atoms with Gasteiger partial charge in [-0.2, -0.15) is 0 Å². The lowest BCUT2D eigenvalue weighted by Gasteiger charge is -2.19. The lowest BCUT2D eigenvalue weighted by molar-refractivity contribution is -0.130. The van der Waals surface area contributed by atoms with Gasteiger partial charge in [0, 0.05) is 11.3 Å². The highest BCUT2D eigenvalue weighted by atomic mass is 19.1. The molecule has 1 aliphatic heterocycles. The predicted octanol–water partition coefficient (Wildman–Crippen LogP) is 1.41. The van der Waals surface area contributed by atoms with Gasteiger partial charge in [0.25, 0.3) is 5.91 Å². The fourth-order valence-electron chi connectivity index (χ4n) is 2.09. The Balaban J connectivity index is 2.20. The molecule has 1 aromatic carbocycles. The number of carbonyl (C=O) groups excluding carboxylic acids is 1. The SMILES string of the molecule is O=C1Nc2ccccc2C1(O)c1ccc(F)cn1. The van der Waals surface area contributed by atoms with Gasteiger partial charge in [0.15, 0.2) is 0 Å². The summed E-state index contributed by atoms with van der Waals surface area (Å²) in [5.41, 5.74) is -0.791. The highest BCUT2D eigenvalue weighted by molar-refractivity contribution is 6.06. The first kappa shape index (κ1) is 10.9. The van der Waals surface area contributed by atoms with Crippen LogP contribution in [0.3, 0.4) is 0 Å². The molecule has 0 fully saturated rings. The van der Waals surface area contributed by atoms with Crippen molar-refractivity contribution in [2.24, 2.45) is 0 Å². The number of nitrogens with one attached hydrogen (secondary N) is 1. The molecule has 2 heterocycles. The van der Waals surface area contributed by atoms with Crippen molar-refractivity contribution in [1.82, 2.24) is 4.98 Å². The van der Waals surface area contributed by atoms with Crippen LogP contribution >= 0.6 is 0 Å². The number of halogens is 1. The predicted molar refractivity (Wildman–Crippen MR) is 62.3 cm³/mol. The number of carbonyl (C=O) groups is 1. The molecule has 1 aliphatic rings. The summed E-state index contributed by atoms with van der Waals surface area (Å²) in [7, 11) is 0. The van der Waals surface area contributed by atoms with Gasteiger partial charge in [0.05, 0.1) is 11.9 Å². The summed E-state index contributed by atoms with van der Waals surface area (Å²) in [4.78, 5) is 15.7. The molecule has 1 atom stereocenters. The zero-order valence-electron chi connectivity index (χ0n) is 9.22. The van der Waals surface area contributed by atoms with Gasteiger partial charge in [-0.25, -0.2) is 4.39 Å². The van der Waals surface area contributed by atoms with E-state index in [0.29, 0.717) is 11.3 Å². The average Bonchev–Trinajstić information content (AvgIpc) is 2.64. The standard InChI is InChI=1S/C13H9FN2O2/c14-8-5-6-11(15-7-8)13(18)9-3-1-2-4-10(9)16-12(13)17/h1-7,18H,(H,16,17). The molecule has 4 nitrogen and oxygen atoms in total. The molecular weight excluding hydrogens is 235 g/mol. The second kappa shape index (κ2) is 3.61. The molecule has 0 aliphatic carbocycles. The number of hydrogen-bond donors (Lipinski definition) is 2. The smallest absolute Gasteiger partial charge is 0.267 e. The molecule has 0 spiro atoms. The van der Waals surface area contributed by atoms with E-state index in [1.807, 2.05) is 0 Å². The van der Waals surface area contributed by atoms with Crippen LogP contribution in [0.15, 0.2) is 42.6 Å². The Morgan fingerprint density at radius 2 is 2.00 bits per heavy atom. The first-order valence-corrected chi connectivity index (χ1v) is 5.38. The third-order valence-electron chi connectivity index (χ3n) is 2.99. The van der Waals surface area contributed by atoms with E-state index in [1.54, 1.807) is 24.3 Å². The third-order valence-corrected chi connectivity index (χ3v) is 2.99. The van der Waals surface area contributed by atoms with Crippen molar-refractivity contribution >= 4 is 11.6 Å². The van der Waals surface area contributed by atoms with Gasteiger partial charge in [-0.3, -0.25) is 9.78 Å². The molecule has 0 bridgehead atoms. The Bertz CT molecular complexity index is 627. The molecule has 5 heteroatoms. The van der Waals surface area contributed by atoms with Crippen molar-refractivity contribution in [2.45, 2.75) is 5.60 Å². The summed E-state index contributed by atoms with van der Waals surface area (Å²) >= 11 is 0. The van der Waals surface area contributed by atoms with E-state index in [2.05, 4.69) is 10.3 Å². The van der Waals surface area contributed by atoms with Crippen LogP contribution in [0.5, 0.6) is 0 Å². The highest BCUT2D eigenvalue weighted by Gasteiger charge is 2.47. The Morgan fingerprint density at radius 1 is 1.22 bits per heavy atom. The molecule has 1 amide bonds. The summed E-state index contributed by atoms with van der Waals surface area (Å²) in [6.45, 7) is 0. The highest BCUT2D eigenvalue weighted by Crippen LogP contribution is 2.39. The number of amides is 1. The minimum Gasteiger partial charge on any atom is -0.370 e. The van der Waals surface area contributed by atoms with Gasteiger partial charge in [-0.1, -0.05) is 18.2 Å². The number of hydrogen-bond acceptors (Lipinski definition) is 3. The van der Waals surface area contributed by atoms with Crippen molar-refractivity contribution in [3.63, 3.8) is 0 Å². The number of fused-ring (bicyclic) bond motifs is 1. The Labute approximate surface area is 102 Å². The van der Waals surface area contributed by atoms with Crippen LogP contribution in [-0.4, -0.2) is 16.0 Å². The van der Waals surface area contributed by atoms with Crippen LogP contribution in [0.25, 0.3) is 0 Å². The lowest BCUT2D eigenvalue weighted by atomic mass is 9.91. The molecule has 0 saturated carbocycles. The van der Waals surface area contributed by atoms with Gasteiger partial charge in [-0.05, 0) is 18.2 Å². The maximum Gasteiger partial charge on any atom is 0.267 e. The molecule has 90 valence electrons. The molecule has 0 saturated heterocycles. The average molecular weight is 244 g/mol. The molecule has 1 aromatic heterocycles. The number of benzene rings is 1. The number of nitrogens with zero attached hydrogens (tertiary/aromatic N) is 1. The van der Waals surface area contributed by atoms with E-state index in [-0.39, 0.29) is 5.69 Å². The molecule has 1 unspecified atom stereocenters. The third kappa shape index (κ3) is 1.34. The summed E-state index contributed by atoms with van der Waals surface area (Å²) in [6.07, 6.45) is 0.974. The van der Waals surface area contributed by atoms with E-state index in [1.165, 1.54) is 6.07 Å². The van der Waals surface area contributed by atoms with Crippen LogP contribution in [0, 0.1) is 5.82 Å². The number of para-hydroxylation sites is 1. The van der Waals surface area contributed by atoms with Gasteiger partial charge >= 0.3 is 0 Å². The summed E-state index contributed by atoms with van der Waals surface area (Å²) in [6, 6.07) is 9.26. The van der Waals surface area contributed by atoms with Gasteiger partial charge < -0.3 is 10.4 Å². The molecule has 2 aromatic rings. The number of aliphatic hydroxyl groups is 1. The van der Waals surface area contributed by atoms with Crippen LogP contribution in [0.4, 0.5) is 10.1 Å². The lowest BCUT2D eigenvalue weighted by Crippen LogP contribution is -2.36. The van der Waals surface area contributed by atoms with Crippen LogP contribution < -0.4 is 5.32 Å². The van der Waals surface area contributed by atoms with Crippen LogP contribution in [-0.2, 0) is 10.4 Å². The number of pyridine rings is 1. The van der Waals surface area contributed by atoms with E-state index in [9.17, 15) is 14.3 Å². The topological polar surface area (TPSA) is 62.2 Å². The quantitative estimate of drug-likeness (QED) is 0.797. The van der Waals surface area contributed by atoms with Crippen LogP contribution in [0.1, 0.15) is 11.3 Å². The van der Waals surface area contributed by atoms with E-state index in [0.717, 1.165) is 12.3 Å². The fourth-order valence-corrected chi connectivity index (χ4v) is 2.09. The number of anilines is 1. The molecule has 18 heavy (non-hydrogen) atoms. The van der Waals surface area contributed by atoms with Crippen molar-refractivity contribution in [1.29, 1.82) is 0 Å². The first-order valence-electron chi connectivity index (χ1n) is 5.38. The summed E-state index contributed by atoms with van der Waals surface area (Å²) in [5.74, 6) is -1.10. The summed E-state index contributed by atoms with van der Waals surface area (Å²) < 4.78 is 12.8. The maximum absolute atomic E-state index is 12.8. The Kier molecular flexibility index (Phi) is 2.18. The zero-order chi connectivity index (χ0) is 12.8. The van der Waals surface area contributed by atoms with E-state index < -0.39 is 17.3 Å². The van der Waals surface area contributed by atoms with Crippen molar-refractivity contribution < 1.29 is 14.3 Å². The Hall–Kier alpha value is -2.27. The minimum atomic E-state index is -1.86. The summed E-state index contributed by atoms with van der Waals surface area (Å²) in [5, 5.41) is 13.2. The fraction of sp³-hybridized carbons (Fsp3) is 0.0769. The molecule has 0 radical (unpaired) electrons. The largest absolute Gasteiger partial charge is 0.370 e. The van der Waals surface area contributed by atoms with Gasteiger partial charge in [0.1, 0.15) is 5.82 Å². The normalized spacial score (nSPS) is 21.6. The Morgan fingerprint density at radius 3 is 2.72 bits per heavy atom. The monoisotopic (exact) mass is 244 g/mol. The van der Waals surface area contributed by atoms with E-state index >= 15 is 0 Å². The molecular formula is C13H9FN2O2. The second-order valence-electron chi connectivity index (χ2n) is 4.07. The first-order chi connectivity index (χ1) is 8.62. The maximum atomic E-state index is 12.8. The number of aromatic nitrogens is 1. The molecule has 2 N–H and O–H groups in total. The van der Waals surface area contributed by atoms with Crippen LogP contribution in [0.2, 0.25) is 0 Å². The van der Waals surface area contributed by atoms with E-state index in [4.69, 9.17) is 0 Å². The molecule has 3 rings (SSSR count).